The van der Waals surface area contributed by atoms with E-state index in [4.69, 9.17) is 26.8 Å². The second-order valence-electron chi connectivity index (χ2n) is 2.03. The molecule has 0 bridgehead atoms. The molecule has 0 aliphatic heterocycles. The maximum atomic E-state index is 9.04. The van der Waals surface area contributed by atoms with Crippen molar-refractivity contribution in [1.82, 2.24) is 0 Å². The molecule has 1 rings (SSSR count). The Hall–Kier alpha value is -0.905. The SMILES string of the molecule is OB(O)Oc1cccc(O)c1Cl. The van der Waals surface area contributed by atoms with Crippen LogP contribution in [0.4, 0.5) is 0 Å². The highest BCUT2D eigenvalue weighted by molar-refractivity contribution is 6.36. The second-order valence-corrected chi connectivity index (χ2v) is 2.41. The zero-order valence-electron chi connectivity index (χ0n) is 5.94. The fourth-order valence-electron chi connectivity index (χ4n) is 0.704. The zero-order valence-corrected chi connectivity index (χ0v) is 6.69. The normalized spacial score (nSPS) is 9.58. The van der Waals surface area contributed by atoms with Gasteiger partial charge in [-0.2, -0.15) is 0 Å². The third-order valence-corrected chi connectivity index (χ3v) is 1.56. The highest BCUT2D eigenvalue weighted by Crippen LogP contribution is 2.32. The zero-order chi connectivity index (χ0) is 9.14. The molecule has 0 aliphatic carbocycles. The van der Waals surface area contributed by atoms with E-state index in [1.54, 1.807) is 0 Å². The number of phenols is 1. The van der Waals surface area contributed by atoms with Gasteiger partial charge in [-0.3, -0.25) is 0 Å². The summed E-state index contributed by atoms with van der Waals surface area (Å²) in [5.41, 5.74) is 0. The van der Waals surface area contributed by atoms with Gasteiger partial charge in [0.25, 0.3) is 0 Å². The van der Waals surface area contributed by atoms with Gasteiger partial charge in [0, 0.05) is 0 Å². The lowest BCUT2D eigenvalue weighted by molar-refractivity contribution is 0.287. The van der Waals surface area contributed by atoms with Gasteiger partial charge in [-0.15, -0.1) is 0 Å². The summed E-state index contributed by atoms with van der Waals surface area (Å²) in [6.07, 6.45) is 0. The predicted molar refractivity (Wildman–Crippen MR) is 43.9 cm³/mol. The van der Waals surface area contributed by atoms with E-state index in [0.717, 1.165) is 0 Å². The van der Waals surface area contributed by atoms with Gasteiger partial charge in [0.05, 0.1) is 0 Å². The number of benzene rings is 1. The molecule has 0 spiro atoms. The van der Waals surface area contributed by atoms with Gasteiger partial charge in [0.1, 0.15) is 16.5 Å². The third-order valence-electron chi connectivity index (χ3n) is 1.18. The molecule has 6 heteroatoms. The minimum absolute atomic E-state index is 0.0201. The van der Waals surface area contributed by atoms with Crippen molar-refractivity contribution in [1.29, 1.82) is 0 Å². The molecule has 0 atom stereocenters. The molecule has 0 amide bonds. The van der Waals surface area contributed by atoms with Crippen molar-refractivity contribution in [3.8, 4) is 11.5 Å². The Bertz CT molecular complexity index is 278. The van der Waals surface area contributed by atoms with Crippen molar-refractivity contribution in [3.05, 3.63) is 23.2 Å². The maximum absolute atomic E-state index is 9.04. The second kappa shape index (κ2) is 3.66. The van der Waals surface area contributed by atoms with Gasteiger partial charge in [-0.25, -0.2) is 0 Å². The highest BCUT2D eigenvalue weighted by Gasteiger charge is 2.14. The van der Waals surface area contributed by atoms with Crippen LogP contribution < -0.4 is 4.65 Å². The number of rotatable bonds is 2. The lowest BCUT2D eigenvalue weighted by Gasteiger charge is -2.06. The summed E-state index contributed by atoms with van der Waals surface area (Å²) >= 11 is 5.54. The number of hydrogen-bond acceptors (Lipinski definition) is 4. The van der Waals surface area contributed by atoms with E-state index in [0.29, 0.717) is 0 Å². The van der Waals surface area contributed by atoms with Crippen LogP contribution in [0.2, 0.25) is 5.02 Å². The summed E-state index contributed by atoms with van der Waals surface area (Å²) in [4.78, 5) is 0. The first-order chi connectivity index (χ1) is 5.61. The lowest BCUT2D eigenvalue weighted by atomic mass is 10.2. The Morgan fingerprint density at radius 3 is 2.58 bits per heavy atom. The Morgan fingerprint density at radius 2 is 2.00 bits per heavy atom. The topological polar surface area (TPSA) is 69.9 Å². The minimum Gasteiger partial charge on any atom is -0.511 e. The van der Waals surface area contributed by atoms with Gasteiger partial charge in [-0.1, -0.05) is 17.7 Å². The summed E-state index contributed by atoms with van der Waals surface area (Å²) in [7, 11) is -1.94. The molecule has 12 heavy (non-hydrogen) atoms. The summed E-state index contributed by atoms with van der Waals surface area (Å²) in [5, 5.41) is 25.8. The standard InChI is InChI=1S/C6H6BClO4/c8-6-4(9)2-1-3-5(6)12-7(10)11/h1-3,9-11H. The number of halogens is 1. The Balaban J connectivity index is 2.92. The van der Waals surface area contributed by atoms with Gasteiger partial charge in [0.15, 0.2) is 0 Å². The summed E-state index contributed by atoms with van der Waals surface area (Å²) in [5.74, 6) is -0.151. The quantitative estimate of drug-likeness (QED) is 0.587. The van der Waals surface area contributed by atoms with E-state index in [-0.39, 0.29) is 16.5 Å². The van der Waals surface area contributed by atoms with Crippen LogP contribution in [-0.4, -0.2) is 22.5 Å². The smallest absolute Gasteiger partial charge is 0.511 e. The van der Waals surface area contributed by atoms with Crippen LogP contribution in [0.25, 0.3) is 0 Å². The fourth-order valence-corrected chi connectivity index (χ4v) is 0.874. The summed E-state index contributed by atoms with van der Waals surface area (Å²) in [6.45, 7) is 0. The first-order valence-electron chi connectivity index (χ1n) is 3.11. The van der Waals surface area contributed by atoms with Gasteiger partial charge < -0.3 is 19.8 Å². The molecule has 3 N–H and O–H groups in total. The van der Waals surface area contributed by atoms with Gasteiger partial charge >= 0.3 is 7.32 Å². The number of hydrogen-bond donors (Lipinski definition) is 3. The van der Waals surface area contributed by atoms with Crippen LogP contribution in [0, 0.1) is 0 Å². The molecule has 64 valence electrons. The third kappa shape index (κ3) is 2.04. The van der Waals surface area contributed by atoms with Gasteiger partial charge in [-0.05, 0) is 12.1 Å². The Kier molecular flexibility index (Phi) is 2.81. The molecule has 0 saturated carbocycles. The molecule has 0 unspecified atom stereocenters. The van der Waals surface area contributed by atoms with Gasteiger partial charge in [0.2, 0.25) is 0 Å². The van der Waals surface area contributed by atoms with Crippen molar-refractivity contribution < 1.29 is 19.8 Å². The highest BCUT2D eigenvalue weighted by atomic mass is 35.5. The minimum atomic E-state index is -1.94. The lowest BCUT2D eigenvalue weighted by Crippen LogP contribution is -2.20. The number of phenolic OH excluding ortho intramolecular Hbond substituents is 1. The van der Waals surface area contributed by atoms with Crippen LogP contribution >= 0.6 is 11.6 Å². The molecule has 0 aliphatic rings. The largest absolute Gasteiger partial charge is 0.707 e. The van der Waals surface area contributed by atoms with E-state index in [9.17, 15) is 0 Å². The molecule has 0 saturated heterocycles. The molecular formula is C6H6BClO4. The van der Waals surface area contributed by atoms with E-state index in [1.165, 1.54) is 18.2 Å². The van der Waals surface area contributed by atoms with E-state index < -0.39 is 7.32 Å². The van der Waals surface area contributed by atoms with Crippen LogP contribution in [0.15, 0.2) is 18.2 Å². The van der Waals surface area contributed by atoms with Crippen molar-refractivity contribution in [2.75, 3.05) is 0 Å². The fraction of sp³-hybridized carbons (Fsp3) is 0. The average Bonchev–Trinajstić information content (AvgIpc) is 1.98. The monoisotopic (exact) mass is 188 g/mol. The molecule has 1 aromatic carbocycles. The van der Waals surface area contributed by atoms with Crippen molar-refractivity contribution >= 4 is 18.9 Å². The van der Waals surface area contributed by atoms with Crippen LogP contribution in [-0.2, 0) is 0 Å². The van der Waals surface area contributed by atoms with Crippen LogP contribution in [0.3, 0.4) is 0 Å². The summed E-state index contributed by atoms with van der Waals surface area (Å²) < 4.78 is 4.44. The molecule has 4 nitrogen and oxygen atoms in total. The van der Waals surface area contributed by atoms with Crippen molar-refractivity contribution in [2.45, 2.75) is 0 Å². The van der Waals surface area contributed by atoms with Crippen molar-refractivity contribution in [2.24, 2.45) is 0 Å². The maximum Gasteiger partial charge on any atom is 0.707 e. The van der Waals surface area contributed by atoms with E-state index in [1.807, 2.05) is 0 Å². The first-order valence-corrected chi connectivity index (χ1v) is 3.49. The molecule has 0 aromatic heterocycles. The first kappa shape index (κ1) is 9.19. The van der Waals surface area contributed by atoms with Crippen molar-refractivity contribution in [3.63, 3.8) is 0 Å². The Morgan fingerprint density at radius 1 is 1.33 bits per heavy atom. The van der Waals surface area contributed by atoms with E-state index >= 15 is 0 Å². The Labute approximate surface area is 74.2 Å². The van der Waals surface area contributed by atoms with E-state index in [2.05, 4.69) is 4.65 Å². The summed E-state index contributed by atoms with van der Waals surface area (Å²) in [6, 6.07) is 4.24. The number of aromatic hydroxyl groups is 1. The average molecular weight is 188 g/mol. The molecular weight excluding hydrogens is 182 g/mol. The van der Waals surface area contributed by atoms with Crippen LogP contribution in [0.1, 0.15) is 0 Å². The molecule has 1 aromatic rings. The van der Waals surface area contributed by atoms with Crippen LogP contribution in [0.5, 0.6) is 11.5 Å². The molecule has 0 heterocycles. The predicted octanol–water partition coefficient (Wildman–Crippen LogP) is 0.394. The molecule has 0 fully saturated rings. The molecule has 0 radical (unpaired) electrons.